The van der Waals surface area contributed by atoms with Crippen LogP contribution in [0.3, 0.4) is 0 Å². The Morgan fingerprint density at radius 3 is 2.84 bits per heavy atom. The molecule has 0 aliphatic carbocycles. The number of rotatable bonds is 3. The molecule has 0 N–H and O–H groups in total. The molecule has 0 bridgehead atoms. The summed E-state index contributed by atoms with van der Waals surface area (Å²) in [5, 5.41) is 0.659. The molecule has 8 heteroatoms. The number of fused-ring (bicyclic) bond motifs is 2. The van der Waals surface area contributed by atoms with Gasteiger partial charge in [-0.3, -0.25) is 9.59 Å². The summed E-state index contributed by atoms with van der Waals surface area (Å²) in [5.41, 5.74) is 2.59. The molecule has 2 aromatic heterocycles. The van der Waals surface area contributed by atoms with E-state index in [0.29, 0.717) is 36.1 Å². The van der Waals surface area contributed by atoms with Gasteiger partial charge in [0, 0.05) is 41.8 Å². The maximum Gasteiger partial charge on any atom is 0.275 e. The van der Waals surface area contributed by atoms with Gasteiger partial charge < -0.3 is 18.8 Å². The Morgan fingerprint density at radius 1 is 1.23 bits per heavy atom. The van der Waals surface area contributed by atoms with Gasteiger partial charge in [0.2, 0.25) is 0 Å². The summed E-state index contributed by atoms with van der Waals surface area (Å²) in [6.45, 7) is 5.48. The number of benzene rings is 1. The first-order chi connectivity index (χ1) is 14.9. The van der Waals surface area contributed by atoms with Crippen molar-refractivity contribution in [3.8, 4) is 11.4 Å². The summed E-state index contributed by atoms with van der Waals surface area (Å²) in [5.74, 6) is 0.842. The van der Waals surface area contributed by atoms with Crippen molar-refractivity contribution in [2.24, 2.45) is 0 Å². The Bertz CT molecular complexity index is 1230. The van der Waals surface area contributed by atoms with Crippen LogP contribution < -0.4 is 10.3 Å². The number of halogens is 1. The van der Waals surface area contributed by atoms with Crippen LogP contribution in [0, 0.1) is 6.92 Å². The van der Waals surface area contributed by atoms with Crippen LogP contribution in [-0.4, -0.2) is 44.1 Å². The number of hydrogen-bond donors (Lipinski definition) is 0. The molecule has 1 unspecified atom stereocenters. The van der Waals surface area contributed by atoms with Gasteiger partial charge in [0.05, 0.1) is 18.6 Å². The molecule has 1 amide bonds. The number of hydrogen-bond acceptors (Lipinski definition) is 4. The van der Waals surface area contributed by atoms with Crippen LogP contribution in [0.5, 0.6) is 5.75 Å². The van der Waals surface area contributed by atoms with Gasteiger partial charge in [0.25, 0.3) is 11.5 Å². The lowest BCUT2D eigenvalue weighted by Crippen LogP contribution is -2.51. The van der Waals surface area contributed by atoms with Crippen LogP contribution in [-0.2, 0) is 6.54 Å². The van der Waals surface area contributed by atoms with E-state index in [0.717, 1.165) is 23.4 Å². The van der Waals surface area contributed by atoms with Crippen LogP contribution in [0.1, 0.15) is 41.0 Å². The van der Waals surface area contributed by atoms with Crippen LogP contribution in [0.4, 0.5) is 0 Å². The van der Waals surface area contributed by atoms with E-state index in [4.69, 9.17) is 16.3 Å². The highest BCUT2D eigenvalue weighted by atomic mass is 35.5. The van der Waals surface area contributed by atoms with E-state index in [1.54, 1.807) is 33.8 Å². The SMILES string of the molecule is Cc1cn(-c2ccc3n(c2=O)C[C@@H](C)N(CC2CCOc4ccc(Cl)cc42)C3=O)cn1. The molecule has 31 heavy (non-hydrogen) atoms. The second-order valence-electron chi connectivity index (χ2n) is 8.26. The second-order valence-corrected chi connectivity index (χ2v) is 8.70. The zero-order chi connectivity index (χ0) is 21.7. The van der Waals surface area contributed by atoms with Gasteiger partial charge in [-0.2, -0.15) is 0 Å². The molecule has 0 saturated heterocycles. The van der Waals surface area contributed by atoms with Crippen LogP contribution in [0.2, 0.25) is 5.02 Å². The lowest BCUT2D eigenvalue weighted by atomic mass is 9.91. The molecule has 2 atom stereocenters. The minimum atomic E-state index is -0.182. The quantitative estimate of drug-likeness (QED) is 0.628. The molecule has 0 spiro atoms. The number of nitrogens with zero attached hydrogens (tertiary/aromatic N) is 4. The molecule has 7 nitrogen and oxygen atoms in total. The molecule has 3 aromatic rings. The predicted molar refractivity (Wildman–Crippen MR) is 117 cm³/mol. The maximum atomic E-state index is 13.4. The Labute approximate surface area is 184 Å². The van der Waals surface area contributed by atoms with E-state index >= 15 is 0 Å². The Kier molecular flexibility index (Phi) is 4.85. The fourth-order valence-electron chi connectivity index (χ4n) is 4.52. The van der Waals surface area contributed by atoms with E-state index < -0.39 is 0 Å². The Morgan fingerprint density at radius 2 is 2.06 bits per heavy atom. The van der Waals surface area contributed by atoms with Crippen LogP contribution in [0.15, 0.2) is 47.7 Å². The zero-order valence-electron chi connectivity index (χ0n) is 17.4. The van der Waals surface area contributed by atoms with Crippen molar-refractivity contribution in [1.29, 1.82) is 0 Å². The minimum absolute atomic E-state index is 0.108. The monoisotopic (exact) mass is 438 g/mol. The zero-order valence-corrected chi connectivity index (χ0v) is 18.2. The first-order valence-corrected chi connectivity index (χ1v) is 10.8. The van der Waals surface area contributed by atoms with Crippen molar-refractivity contribution in [3.05, 3.63) is 75.2 Å². The Hall–Kier alpha value is -3.06. The third-order valence-electron chi connectivity index (χ3n) is 6.16. The Balaban J connectivity index is 1.46. The lowest BCUT2D eigenvalue weighted by Gasteiger charge is -2.38. The van der Waals surface area contributed by atoms with Crippen molar-refractivity contribution >= 4 is 17.5 Å². The molecular formula is C23H23ClN4O3. The highest BCUT2D eigenvalue weighted by Gasteiger charge is 2.34. The number of carbonyl (C=O) groups excluding carboxylic acids is 1. The summed E-state index contributed by atoms with van der Waals surface area (Å²) >= 11 is 6.21. The van der Waals surface area contributed by atoms with Gasteiger partial charge in [-0.15, -0.1) is 0 Å². The minimum Gasteiger partial charge on any atom is -0.493 e. The smallest absolute Gasteiger partial charge is 0.275 e. The number of ether oxygens (including phenoxy) is 1. The summed E-state index contributed by atoms with van der Waals surface area (Å²) in [6.07, 6.45) is 4.24. The first-order valence-electron chi connectivity index (χ1n) is 10.4. The molecule has 4 heterocycles. The summed E-state index contributed by atoms with van der Waals surface area (Å²) in [6, 6.07) is 8.96. The normalized spacial score (nSPS) is 20.2. The molecule has 2 aliphatic rings. The van der Waals surface area contributed by atoms with Crippen molar-refractivity contribution in [2.45, 2.75) is 38.8 Å². The molecule has 0 fully saturated rings. The molecule has 5 rings (SSSR count). The molecule has 160 valence electrons. The number of imidazole rings is 1. The van der Waals surface area contributed by atoms with Gasteiger partial charge in [-0.05, 0) is 50.6 Å². The highest BCUT2D eigenvalue weighted by molar-refractivity contribution is 6.30. The van der Waals surface area contributed by atoms with Crippen molar-refractivity contribution < 1.29 is 9.53 Å². The third-order valence-corrected chi connectivity index (χ3v) is 6.39. The van der Waals surface area contributed by atoms with Crippen LogP contribution in [0.25, 0.3) is 5.69 Å². The van der Waals surface area contributed by atoms with Gasteiger partial charge in [0.15, 0.2) is 0 Å². The predicted octanol–water partition coefficient (Wildman–Crippen LogP) is 3.41. The molecule has 1 aromatic carbocycles. The van der Waals surface area contributed by atoms with Gasteiger partial charge >= 0.3 is 0 Å². The van der Waals surface area contributed by atoms with E-state index in [2.05, 4.69) is 4.98 Å². The fraction of sp³-hybridized carbons (Fsp3) is 0.348. The average molecular weight is 439 g/mol. The number of carbonyl (C=O) groups is 1. The number of aryl methyl sites for hydroxylation is 1. The summed E-state index contributed by atoms with van der Waals surface area (Å²) < 4.78 is 9.06. The summed E-state index contributed by atoms with van der Waals surface area (Å²) in [7, 11) is 0. The van der Waals surface area contributed by atoms with Gasteiger partial charge in [-0.1, -0.05) is 11.6 Å². The largest absolute Gasteiger partial charge is 0.493 e. The number of amides is 1. The highest BCUT2D eigenvalue weighted by Crippen LogP contribution is 2.37. The average Bonchev–Trinajstić information content (AvgIpc) is 3.18. The number of aromatic nitrogens is 3. The maximum absolute atomic E-state index is 13.4. The van der Waals surface area contributed by atoms with E-state index in [1.807, 2.05) is 36.9 Å². The fourth-order valence-corrected chi connectivity index (χ4v) is 4.70. The van der Waals surface area contributed by atoms with Gasteiger partial charge in [-0.25, -0.2) is 4.98 Å². The molecule has 2 aliphatic heterocycles. The van der Waals surface area contributed by atoms with Crippen LogP contribution >= 0.6 is 11.6 Å². The van der Waals surface area contributed by atoms with E-state index in [9.17, 15) is 9.59 Å². The standard InChI is InChI=1S/C23H23ClN4O3/c1-14-10-26(13-25-14)19-4-5-20-23(30)27(15(2)11-28(20)22(19)29)12-16-7-8-31-21-6-3-17(24)9-18(16)21/h3-6,9-10,13,15-16H,7-8,11-12H2,1-2H3/t15-,16?/m1/s1. The third kappa shape index (κ3) is 3.43. The van der Waals surface area contributed by atoms with E-state index in [1.165, 1.54) is 0 Å². The van der Waals surface area contributed by atoms with E-state index in [-0.39, 0.29) is 23.4 Å². The second kappa shape index (κ2) is 7.57. The van der Waals surface area contributed by atoms with Crippen molar-refractivity contribution in [1.82, 2.24) is 19.0 Å². The molecule has 0 radical (unpaired) electrons. The van der Waals surface area contributed by atoms with Crippen molar-refractivity contribution in [3.63, 3.8) is 0 Å². The molecule has 0 saturated carbocycles. The topological polar surface area (TPSA) is 69.4 Å². The molecular weight excluding hydrogens is 416 g/mol. The lowest BCUT2D eigenvalue weighted by molar-refractivity contribution is 0.0580. The number of pyridine rings is 1. The van der Waals surface area contributed by atoms with Gasteiger partial charge in [0.1, 0.15) is 17.1 Å². The summed E-state index contributed by atoms with van der Waals surface area (Å²) in [4.78, 5) is 32.6. The first kappa shape index (κ1) is 19.9. The van der Waals surface area contributed by atoms with Crippen molar-refractivity contribution in [2.75, 3.05) is 13.2 Å².